The van der Waals surface area contributed by atoms with Gasteiger partial charge >= 0.3 is 0 Å². The van der Waals surface area contributed by atoms with E-state index in [1.807, 2.05) is 0 Å². The summed E-state index contributed by atoms with van der Waals surface area (Å²) >= 11 is 0. The van der Waals surface area contributed by atoms with Crippen molar-refractivity contribution < 1.29 is 0 Å². The Morgan fingerprint density at radius 3 is 2.67 bits per heavy atom. The van der Waals surface area contributed by atoms with Crippen LogP contribution in [0.2, 0.25) is 0 Å². The van der Waals surface area contributed by atoms with E-state index in [1.165, 1.54) is 19.4 Å². The Hall–Kier alpha value is -0.480. The van der Waals surface area contributed by atoms with Crippen molar-refractivity contribution in [2.24, 2.45) is 5.41 Å². The Morgan fingerprint density at radius 2 is 2.25 bits per heavy atom. The van der Waals surface area contributed by atoms with Crippen LogP contribution >= 0.6 is 0 Å². The molecule has 0 aliphatic carbocycles. The molecule has 0 amide bonds. The van der Waals surface area contributed by atoms with Gasteiger partial charge in [-0.1, -0.05) is 0 Å². The van der Waals surface area contributed by atoms with Crippen molar-refractivity contribution in [3.05, 3.63) is 0 Å². The highest BCUT2D eigenvalue weighted by atomic mass is 15.1. The molecule has 1 aliphatic rings. The Morgan fingerprint density at radius 1 is 1.58 bits per heavy atom. The fourth-order valence-corrected chi connectivity index (χ4v) is 1.89. The van der Waals surface area contributed by atoms with E-state index in [0.717, 1.165) is 12.5 Å². The molecule has 0 aromatic carbocycles. The van der Waals surface area contributed by atoms with Gasteiger partial charge in [-0.2, -0.15) is 0 Å². The molecular weight excluding hydrogens is 146 g/mol. The van der Waals surface area contributed by atoms with Crippen molar-refractivity contribution in [3.63, 3.8) is 0 Å². The molecule has 0 spiro atoms. The van der Waals surface area contributed by atoms with E-state index in [0.29, 0.717) is 0 Å². The normalized spacial score (nSPS) is 25.7. The number of terminal acetylenes is 1. The van der Waals surface area contributed by atoms with Crippen LogP contribution in [0.25, 0.3) is 0 Å². The van der Waals surface area contributed by atoms with Gasteiger partial charge in [0.05, 0.1) is 0 Å². The lowest BCUT2D eigenvalue weighted by atomic mass is 9.86. The number of rotatable bonds is 2. The average Bonchev–Trinajstić information content (AvgIpc) is 2.36. The second-order valence-corrected chi connectivity index (χ2v) is 4.51. The summed E-state index contributed by atoms with van der Waals surface area (Å²) in [6.45, 7) is 5.55. The molecule has 12 heavy (non-hydrogen) atoms. The van der Waals surface area contributed by atoms with Crippen LogP contribution in [-0.2, 0) is 0 Å². The van der Waals surface area contributed by atoms with E-state index in [1.54, 1.807) is 0 Å². The molecular formula is C11H19N. The van der Waals surface area contributed by atoms with Crippen LogP contribution in [0.4, 0.5) is 0 Å². The summed E-state index contributed by atoms with van der Waals surface area (Å²) in [6.07, 6.45) is 9.26. The van der Waals surface area contributed by atoms with Crippen LogP contribution in [0.15, 0.2) is 0 Å². The van der Waals surface area contributed by atoms with Crippen molar-refractivity contribution in [1.82, 2.24) is 4.90 Å². The van der Waals surface area contributed by atoms with Gasteiger partial charge in [-0.15, -0.1) is 12.3 Å². The van der Waals surface area contributed by atoms with Crippen LogP contribution in [0.3, 0.4) is 0 Å². The first-order valence-electron chi connectivity index (χ1n) is 4.73. The lowest BCUT2D eigenvalue weighted by Crippen LogP contribution is -2.29. The van der Waals surface area contributed by atoms with Gasteiger partial charge in [0.25, 0.3) is 0 Å². The lowest BCUT2D eigenvalue weighted by Gasteiger charge is -2.26. The van der Waals surface area contributed by atoms with Crippen LogP contribution in [-0.4, -0.2) is 24.5 Å². The first kappa shape index (κ1) is 9.61. The largest absolute Gasteiger partial charge is 0.303 e. The molecule has 0 saturated carbocycles. The van der Waals surface area contributed by atoms with Gasteiger partial charge in [-0.3, -0.25) is 0 Å². The molecule has 1 atom stereocenters. The first-order valence-corrected chi connectivity index (χ1v) is 4.73. The summed E-state index contributed by atoms with van der Waals surface area (Å²) < 4.78 is 0. The van der Waals surface area contributed by atoms with Gasteiger partial charge in [0.15, 0.2) is 0 Å². The monoisotopic (exact) mass is 165 g/mol. The van der Waals surface area contributed by atoms with E-state index >= 15 is 0 Å². The van der Waals surface area contributed by atoms with Crippen LogP contribution < -0.4 is 0 Å². The summed E-state index contributed by atoms with van der Waals surface area (Å²) in [5.74, 6) is 2.86. The summed E-state index contributed by atoms with van der Waals surface area (Å²) in [7, 11) is 2.20. The van der Waals surface area contributed by atoms with E-state index in [2.05, 4.69) is 31.7 Å². The topological polar surface area (TPSA) is 3.24 Å². The molecule has 1 unspecified atom stereocenters. The quantitative estimate of drug-likeness (QED) is 0.567. The minimum absolute atomic E-state index is 0.0727. The molecule has 1 fully saturated rings. The molecule has 68 valence electrons. The summed E-state index contributed by atoms with van der Waals surface area (Å²) in [6, 6.07) is 0.719. The summed E-state index contributed by atoms with van der Waals surface area (Å²) in [4.78, 5) is 2.43. The number of hydrogen-bond donors (Lipinski definition) is 0. The molecule has 0 aromatic heterocycles. The Kier molecular flexibility index (Phi) is 2.80. The predicted octanol–water partition coefficient (Wildman–Crippen LogP) is 2.13. The molecule has 0 aromatic rings. The van der Waals surface area contributed by atoms with Crippen LogP contribution in [0, 0.1) is 17.8 Å². The van der Waals surface area contributed by atoms with E-state index in [-0.39, 0.29) is 5.41 Å². The van der Waals surface area contributed by atoms with Crippen molar-refractivity contribution in [2.45, 2.75) is 39.2 Å². The first-order chi connectivity index (χ1) is 5.55. The second-order valence-electron chi connectivity index (χ2n) is 4.51. The van der Waals surface area contributed by atoms with Gasteiger partial charge in [0.1, 0.15) is 0 Å². The van der Waals surface area contributed by atoms with Gasteiger partial charge in [0.2, 0.25) is 0 Å². The predicted molar refractivity (Wildman–Crippen MR) is 52.9 cm³/mol. The Bertz CT molecular complexity index is 188. The summed E-state index contributed by atoms with van der Waals surface area (Å²) in [5, 5.41) is 0. The molecule has 0 N–H and O–H groups in total. The maximum atomic E-state index is 5.46. The molecule has 1 nitrogen and oxygen atoms in total. The maximum absolute atomic E-state index is 5.46. The average molecular weight is 165 g/mol. The third-order valence-electron chi connectivity index (χ3n) is 2.81. The SMILES string of the molecule is C#CC(C)(C)CC1CCCN1C. The zero-order valence-corrected chi connectivity index (χ0v) is 8.43. The van der Waals surface area contributed by atoms with Crippen molar-refractivity contribution in [1.29, 1.82) is 0 Å². The molecule has 0 radical (unpaired) electrons. The summed E-state index contributed by atoms with van der Waals surface area (Å²) in [5.41, 5.74) is 0.0727. The second kappa shape index (κ2) is 3.49. The van der Waals surface area contributed by atoms with Crippen molar-refractivity contribution in [2.75, 3.05) is 13.6 Å². The number of hydrogen-bond acceptors (Lipinski definition) is 1. The molecule has 1 aliphatic heterocycles. The standard InChI is InChI=1S/C11H19N/c1-5-11(2,3)9-10-7-6-8-12(10)4/h1,10H,6-9H2,2-4H3. The highest BCUT2D eigenvalue weighted by molar-refractivity contribution is 5.02. The molecule has 1 saturated heterocycles. The van der Waals surface area contributed by atoms with Crippen LogP contribution in [0.1, 0.15) is 33.1 Å². The molecule has 0 bridgehead atoms. The van der Waals surface area contributed by atoms with E-state index < -0.39 is 0 Å². The number of nitrogens with zero attached hydrogens (tertiary/aromatic N) is 1. The van der Waals surface area contributed by atoms with Crippen molar-refractivity contribution >= 4 is 0 Å². The maximum Gasteiger partial charge on any atom is 0.0270 e. The van der Waals surface area contributed by atoms with Crippen LogP contribution in [0.5, 0.6) is 0 Å². The van der Waals surface area contributed by atoms with E-state index in [9.17, 15) is 0 Å². The lowest BCUT2D eigenvalue weighted by molar-refractivity contribution is 0.247. The fourth-order valence-electron chi connectivity index (χ4n) is 1.89. The van der Waals surface area contributed by atoms with Gasteiger partial charge in [-0.05, 0) is 46.7 Å². The zero-order chi connectivity index (χ0) is 9.19. The zero-order valence-electron chi connectivity index (χ0n) is 8.43. The third kappa shape index (κ3) is 2.25. The van der Waals surface area contributed by atoms with Gasteiger partial charge in [0, 0.05) is 11.5 Å². The van der Waals surface area contributed by atoms with Gasteiger partial charge in [-0.25, -0.2) is 0 Å². The smallest absolute Gasteiger partial charge is 0.0270 e. The molecule has 1 rings (SSSR count). The Balaban J connectivity index is 2.46. The number of likely N-dealkylation sites (tertiary alicyclic amines) is 1. The van der Waals surface area contributed by atoms with Gasteiger partial charge < -0.3 is 4.90 Å². The highest BCUT2D eigenvalue weighted by Crippen LogP contribution is 2.28. The molecule has 1 heterocycles. The minimum atomic E-state index is 0.0727. The minimum Gasteiger partial charge on any atom is -0.303 e. The fraction of sp³-hybridized carbons (Fsp3) is 0.818. The molecule has 1 heteroatoms. The van der Waals surface area contributed by atoms with Crippen molar-refractivity contribution in [3.8, 4) is 12.3 Å². The Labute approximate surface area is 76.1 Å². The highest BCUT2D eigenvalue weighted by Gasteiger charge is 2.27. The third-order valence-corrected chi connectivity index (χ3v) is 2.81. The van der Waals surface area contributed by atoms with E-state index in [4.69, 9.17) is 6.42 Å².